The van der Waals surface area contributed by atoms with Gasteiger partial charge in [-0.3, -0.25) is 4.79 Å². The molecule has 144 valence electrons. The van der Waals surface area contributed by atoms with Crippen LogP contribution in [0.15, 0.2) is 48.4 Å². The van der Waals surface area contributed by atoms with Crippen molar-refractivity contribution >= 4 is 11.4 Å². The summed E-state index contributed by atoms with van der Waals surface area (Å²) >= 11 is 0. The second kappa shape index (κ2) is 8.76. The Labute approximate surface area is 162 Å². The molecular weight excluding hydrogens is 334 g/mol. The van der Waals surface area contributed by atoms with Crippen LogP contribution in [0.25, 0.3) is 11.4 Å². The van der Waals surface area contributed by atoms with Gasteiger partial charge in [0.2, 0.25) is 0 Å². The summed E-state index contributed by atoms with van der Waals surface area (Å²) in [4.78, 5) is 13.0. The fourth-order valence-corrected chi connectivity index (χ4v) is 2.92. The molecule has 27 heavy (non-hydrogen) atoms. The summed E-state index contributed by atoms with van der Waals surface area (Å²) < 4.78 is 1.75. The Balaban J connectivity index is 2.53. The average Bonchev–Trinajstić information content (AvgIpc) is 2.65. The number of nitrogens with zero attached hydrogens (tertiary/aromatic N) is 1. The normalized spacial score (nSPS) is 11.7. The number of hydrogen-bond acceptors (Lipinski definition) is 3. The highest BCUT2D eigenvalue weighted by Crippen LogP contribution is 2.17. The van der Waals surface area contributed by atoms with Crippen molar-refractivity contribution < 1.29 is 0 Å². The molecule has 1 aromatic carbocycles. The molecule has 0 aliphatic heterocycles. The largest absolute Gasteiger partial charge is 0.388 e. The van der Waals surface area contributed by atoms with E-state index in [4.69, 9.17) is 0 Å². The minimum absolute atomic E-state index is 0.0599. The highest BCUT2D eigenvalue weighted by molar-refractivity contribution is 5.68. The van der Waals surface area contributed by atoms with Crippen LogP contribution in [0.3, 0.4) is 0 Å². The quantitative estimate of drug-likeness (QED) is 0.741. The predicted molar refractivity (Wildman–Crippen MR) is 116 cm³/mol. The van der Waals surface area contributed by atoms with E-state index in [-0.39, 0.29) is 5.56 Å². The highest BCUT2D eigenvalue weighted by Gasteiger charge is 2.13. The van der Waals surface area contributed by atoms with Crippen molar-refractivity contribution in [1.29, 1.82) is 0 Å². The maximum absolute atomic E-state index is 13.0. The molecule has 0 aliphatic rings. The summed E-state index contributed by atoms with van der Waals surface area (Å²) in [7, 11) is 1.77. The molecule has 1 unspecified atom stereocenters. The van der Waals surface area contributed by atoms with Crippen molar-refractivity contribution in [3.63, 3.8) is 0 Å². The van der Waals surface area contributed by atoms with Crippen LogP contribution in [-0.4, -0.2) is 17.7 Å². The molecule has 0 saturated carbocycles. The van der Waals surface area contributed by atoms with Crippen LogP contribution in [0.5, 0.6) is 0 Å². The van der Waals surface area contributed by atoms with Gasteiger partial charge in [-0.15, -0.1) is 0 Å². The van der Waals surface area contributed by atoms with Gasteiger partial charge in [0.05, 0.1) is 12.1 Å². The number of aryl methyl sites for hydroxylation is 1. The van der Waals surface area contributed by atoms with E-state index in [1.54, 1.807) is 11.6 Å². The minimum Gasteiger partial charge on any atom is -0.388 e. The molecule has 2 rings (SSSR count). The van der Waals surface area contributed by atoms with Gasteiger partial charge in [-0.1, -0.05) is 38.3 Å². The van der Waals surface area contributed by atoms with Gasteiger partial charge in [-0.2, -0.15) is 0 Å². The highest BCUT2D eigenvalue weighted by atomic mass is 16.1. The average molecular weight is 366 g/mol. The molecule has 1 atom stereocenters. The third kappa shape index (κ3) is 4.70. The number of pyridine rings is 1. The van der Waals surface area contributed by atoms with Crippen molar-refractivity contribution in [2.75, 3.05) is 7.05 Å². The Kier molecular flexibility index (Phi) is 6.67. The molecule has 2 aromatic rings. The van der Waals surface area contributed by atoms with Gasteiger partial charge in [0, 0.05) is 36.2 Å². The first-order valence-electron chi connectivity index (χ1n) is 9.40. The van der Waals surface area contributed by atoms with Crippen LogP contribution < -0.4 is 16.2 Å². The van der Waals surface area contributed by atoms with Gasteiger partial charge in [-0.05, 0) is 49.9 Å². The van der Waals surface area contributed by atoms with E-state index in [1.165, 1.54) is 11.1 Å². The number of benzene rings is 1. The summed E-state index contributed by atoms with van der Waals surface area (Å²) in [5.74, 6) is 0. The lowest BCUT2D eigenvalue weighted by molar-refractivity contribution is 0.629. The van der Waals surface area contributed by atoms with Crippen LogP contribution >= 0.6 is 0 Å². The maximum Gasteiger partial charge on any atom is 0.260 e. The molecule has 0 amide bonds. The third-order valence-corrected chi connectivity index (χ3v) is 5.15. The number of hydrogen-bond donors (Lipinski definition) is 2. The van der Waals surface area contributed by atoms with Crippen molar-refractivity contribution in [2.24, 2.45) is 0 Å². The molecule has 1 heterocycles. The lowest BCUT2D eigenvalue weighted by Crippen LogP contribution is -2.28. The Bertz CT molecular complexity index is 908. The van der Waals surface area contributed by atoms with Gasteiger partial charge in [0.1, 0.15) is 0 Å². The van der Waals surface area contributed by atoms with E-state index in [0.717, 1.165) is 23.2 Å². The van der Waals surface area contributed by atoms with E-state index < -0.39 is 0 Å². The molecule has 4 heteroatoms. The van der Waals surface area contributed by atoms with E-state index in [9.17, 15) is 4.79 Å². The standard InChI is InChI=1S/C23H31N3O/c1-8-16(3)25-18(5)21-12-22(19(6)24-7)23(27)26(14-21)13-20-11-9-10-15(2)17(20)4/h9-12,14,16,24-25H,5-6,8,13H2,1-4,7H3. The first kappa shape index (κ1) is 20.6. The van der Waals surface area contributed by atoms with Crippen molar-refractivity contribution in [3.8, 4) is 0 Å². The summed E-state index contributed by atoms with van der Waals surface area (Å²) in [6.45, 7) is 17.1. The minimum atomic E-state index is -0.0599. The second-order valence-electron chi connectivity index (χ2n) is 7.10. The molecule has 0 fully saturated rings. The topological polar surface area (TPSA) is 46.1 Å². The van der Waals surface area contributed by atoms with Gasteiger partial charge in [0.15, 0.2) is 0 Å². The molecule has 1 aromatic heterocycles. The number of aromatic nitrogens is 1. The zero-order valence-electron chi connectivity index (χ0n) is 17.1. The third-order valence-electron chi connectivity index (χ3n) is 5.15. The first-order chi connectivity index (χ1) is 12.8. The molecule has 0 spiro atoms. The van der Waals surface area contributed by atoms with Crippen LogP contribution in [0, 0.1) is 13.8 Å². The van der Waals surface area contributed by atoms with Crippen molar-refractivity contribution in [3.05, 3.63) is 81.8 Å². The Morgan fingerprint density at radius 2 is 1.93 bits per heavy atom. The summed E-state index contributed by atoms with van der Waals surface area (Å²) in [5.41, 5.74) is 6.38. The van der Waals surface area contributed by atoms with Crippen LogP contribution in [0.4, 0.5) is 0 Å². The van der Waals surface area contributed by atoms with E-state index in [1.807, 2.05) is 18.3 Å². The zero-order chi connectivity index (χ0) is 20.1. The van der Waals surface area contributed by atoms with Gasteiger partial charge < -0.3 is 15.2 Å². The zero-order valence-corrected chi connectivity index (χ0v) is 17.1. The summed E-state index contributed by atoms with van der Waals surface area (Å²) in [5, 5.41) is 6.39. The number of nitrogens with one attached hydrogen (secondary N) is 2. The van der Waals surface area contributed by atoms with Gasteiger partial charge in [-0.25, -0.2) is 0 Å². The van der Waals surface area contributed by atoms with E-state index in [0.29, 0.717) is 23.8 Å². The van der Waals surface area contributed by atoms with Crippen molar-refractivity contribution in [1.82, 2.24) is 15.2 Å². The smallest absolute Gasteiger partial charge is 0.260 e. The monoisotopic (exact) mass is 365 g/mol. The Hall–Kier alpha value is -2.75. The lowest BCUT2D eigenvalue weighted by Gasteiger charge is -2.19. The second-order valence-corrected chi connectivity index (χ2v) is 7.10. The van der Waals surface area contributed by atoms with Gasteiger partial charge >= 0.3 is 0 Å². The van der Waals surface area contributed by atoms with Gasteiger partial charge in [0.25, 0.3) is 5.56 Å². The van der Waals surface area contributed by atoms with E-state index in [2.05, 4.69) is 63.6 Å². The molecule has 0 bridgehead atoms. The number of rotatable bonds is 8. The lowest BCUT2D eigenvalue weighted by atomic mass is 10.0. The summed E-state index contributed by atoms with van der Waals surface area (Å²) in [6, 6.07) is 8.36. The Morgan fingerprint density at radius 3 is 2.56 bits per heavy atom. The first-order valence-corrected chi connectivity index (χ1v) is 9.40. The molecular formula is C23H31N3O. The fourth-order valence-electron chi connectivity index (χ4n) is 2.92. The summed E-state index contributed by atoms with van der Waals surface area (Å²) in [6.07, 6.45) is 2.88. The van der Waals surface area contributed by atoms with Crippen LogP contribution in [0.2, 0.25) is 0 Å². The van der Waals surface area contributed by atoms with Crippen molar-refractivity contribution in [2.45, 2.75) is 46.7 Å². The molecule has 0 aliphatic carbocycles. The maximum atomic E-state index is 13.0. The molecule has 0 saturated heterocycles. The predicted octanol–water partition coefficient (Wildman–Crippen LogP) is 4.06. The molecule has 2 N–H and O–H groups in total. The van der Waals surface area contributed by atoms with Crippen LogP contribution in [0.1, 0.15) is 48.1 Å². The van der Waals surface area contributed by atoms with E-state index >= 15 is 0 Å². The SMILES string of the molecule is C=C(NC(C)CC)c1cc(C(=C)NC)c(=O)n(Cc2cccc(C)c2C)c1. The molecule has 4 nitrogen and oxygen atoms in total. The van der Waals surface area contributed by atoms with Crippen LogP contribution in [-0.2, 0) is 6.54 Å². The Morgan fingerprint density at radius 1 is 1.22 bits per heavy atom. The molecule has 0 radical (unpaired) electrons. The fraction of sp³-hybridized carbons (Fsp3) is 0.348.